The molecule has 72 valence electrons. The number of hydrogen-bond acceptors (Lipinski definition) is 3. The van der Waals surface area contributed by atoms with E-state index in [1.807, 2.05) is 0 Å². The minimum absolute atomic E-state index is 0.0189. The summed E-state index contributed by atoms with van der Waals surface area (Å²) in [7, 11) is 0. The van der Waals surface area contributed by atoms with Crippen LogP contribution in [0.4, 0.5) is 4.79 Å². The fourth-order valence-corrected chi connectivity index (χ4v) is 0.794. The van der Waals surface area contributed by atoms with Gasteiger partial charge in [0.25, 0.3) is 5.91 Å². The molecular formula is C8H12N2O3. The third-order valence-corrected chi connectivity index (χ3v) is 1.27. The molecule has 0 unspecified atom stereocenters. The average molecular weight is 184 g/mol. The maximum atomic E-state index is 11.3. The minimum atomic E-state index is -0.545. The number of amides is 2. The number of nitrogens with zero attached hydrogens (tertiary/aromatic N) is 2. The Morgan fingerprint density at radius 3 is 2.62 bits per heavy atom. The molecule has 0 bridgehead atoms. The summed E-state index contributed by atoms with van der Waals surface area (Å²) in [5, 5.41) is 0. The van der Waals surface area contributed by atoms with Gasteiger partial charge in [-0.2, -0.15) is 0 Å². The average Bonchev–Trinajstić information content (AvgIpc) is 2.31. The standard InChI is InChI=1S/C8H12N2O3/c1-8(2,3)13-7(12)10-4-6(11)9-5-10/h5H,4H2,1-3H3. The Labute approximate surface area is 76.4 Å². The molecule has 13 heavy (non-hydrogen) atoms. The first-order valence-electron chi connectivity index (χ1n) is 3.95. The lowest BCUT2D eigenvalue weighted by atomic mass is 10.2. The highest BCUT2D eigenvalue weighted by Crippen LogP contribution is 2.10. The Morgan fingerprint density at radius 1 is 1.62 bits per heavy atom. The third kappa shape index (κ3) is 2.85. The van der Waals surface area contributed by atoms with E-state index < -0.39 is 11.7 Å². The van der Waals surface area contributed by atoms with Crippen LogP contribution in [0.2, 0.25) is 0 Å². The highest BCUT2D eigenvalue weighted by Gasteiger charge is 2.25. The molecule has 1 aliphatic heterocycles. The lowest BCUT2D eigenvalue weighted by molar-refractivity contribution is -0.117. The van der Waals surface area contributed by atoms with Crippen molar-refractivity contribution < 1.29 is 14.3 Å². The molecule has 1 heterocycles. The van der Waals surface area contributed by atoms with Crippen molar-refractivity contribution in [2.75, 3.05) is 6.54 Å². The summed E-state index contributed by atoms with van der Waals surface area (Å²) in [5.41, 5.74) is -0.545. The molecule has 0 aromatic heterocycles. The second-order valence-corrected chi connectivity index (χ2v) is 3.75. The number of aliphatic imine (C=N–C) groups is 1. The highest BCUT2D eigenvalue weighted by molar-refractivity contribution is 5.99. The Morgan fingerprint density at radius 2 is 2.23 bits per heavy atom. The van der Waals surface area contributed by atoms with Gasteiger partial charge in [-0.05, 0) is 20.8 Å². The normalized spacial score (nSPS) is 16.5. The molecule has 1 rings (SSSR count). The monoisotopic (exact) mass is 184 g/mol. The second-order valence-electron chi connectivity index (χ2n) is 3.75. The highest BCUT2D eigenvalue weighted by atomic mass is 16.6. The largest absolute Gasteiger partial charge is 0.443 e. The molecular weight excluding hydrogens is 172 g/mol. The van der Waals surface area contributed by atoms with E-state index in [0.29, 0.717) is 0 Å². The van der Waals surface area contributed by atoms with Crippen LogP contribution in [0.3, 0.4) is 0 Å². The van der Waals surface area contributed by atoms with Crippen molar-refractivity contribution in [3.8, 4) is 0 Å². The predicted molar refractivity (Wildman–Crippen MR) is 46.4 cm³/mol. The van der Waals surface area contributed by atoms with Gasteiger partial charge in [-0.1, -0.05) is 0 Å². The molecule has 1 aliphatic rings. The summed E-state index contributed by atoms with van der Waals surface area (Å²) in [6, 6.07) is 0. The van der Waals surface area contributed by atoms with Crippen molar-refractivity contribution in [3.63, 3.8) is 0 Å². The van der Waals surface area contributed by atoms with Crippen LogP contribution < -0.4 is 0 Å². The summed E-state index contributed by atoms with van der Waals surface area (Å²) in [6.07, 6.45) is 0.651. The van der Waals surface area contributed by atoms with E-state index in [1.54, 1.807) is 20.8 Å². The van der Waals surface area contributed by atoms with Crippen LogP contribution >= 0.6 is 0 Å². The fraction of sp³-hybridized carbons (Fsp3) is 0.625. The third-order valence-electron chi connectivity index (χ3n) is 1.27. The summed E-state index contributed by atoms with van der Waals surface area (Å²) in [4.78, 5) is 26.5. The Hall–Kier alpha value is -1.39. The van der Waals surface area contributed by atoms with Gasteiger partial charge in [-0.3, -0.25) is 9.69 Å². The number of ether oxygens (including phenoxy) is 1. The van der Waals surface area contributed by atoms with Crippen LogP contribution in [0.25, 0.3) is 0 Å². The Bertz CT molecular complexity index is 265. The zero-order chi connectivity index (χ0) is 10.1. The molecule has 0 spiro atoms. The maximum absolute atomic E-state index is 11.3. The van der Waals surface area contributed by atoms with Crippen molar-refractivity contribution >= 4 is 18.3 Å². The maximum Gasteiger partial charge on any atom is 0.416 e. The van der Waals surface area contributed by atoms with Crippen molar-refractivity contribution in [1.29, 1.82) is 0 Å². The summed E-state index contributed by atoms with van der Waals surface area (Å²) in [5.74, 6) is -0.328. The van der Waals surface area contributed by atoms with E-state index >= 15 is 0 Å². The van der Waals surface area contributed by atoms with Crippen LogP contribution in [-0.4, -0.2) is 35.4 Å². The summed E-state index contributed by atoms with van der Waals surface area (Å²) < 4.78 is 5.01. The van der Waals surface area contributed by atoms with Crippen molar-refractivity contribution in [1.82, 2.24) is 4.90 Å². The van der Waals surface area contributed by atoms with Crippen molar-refractivity contribution in [2.24, 2.45) is 4.99 Å². The molecule has 0 aromatic carbocycles. The Kier molecular flexibility index (Phi) is 2.36. The van der Waals surface area contributed by atoms with E-state index in [2.05, 4.69) is 4.99 Å². The number of rotatable bonds is 0. The summed E-state index contributed by atoms with van der Waals surface area (Å²) >= 11 is 0. The molecule has 0 saturated carbocycles. The number of carbonyl (C=O) groups excluding carboxylic acids is 2. The predicted octanol–water partition coefficient (Wildman–Crippen LogP) is 0.792. The quantitative estimate of drug-likeness (QED) is 0.559. The topological polar surface area (TPSA) is 59.0 Å². The summed E-state index contributed by atoms with van der Waals surface area (Å²) in [6.45, 7) is 5.27. The van der Waals surface area contributed by atoms with Crippen LogP contribution in [0.1, 0.15) is 20.8 Å². The minimum Gasteiger partial charge on any atom is -0.443 e. The van der Waals surface area contributed by atoms with Gasteiger partial charge in [0.05, 0.1) is 0 Å². The van der Waals surface area contributed by atoms with E-state index in [0.717, 1.165) is 4.90 Å². The second kappa shape index (κ2) is 3.16. The van der Waals surface area contributed by atoms with E-state index in [-0.39, 0.29) is 12.5 Å². The zero-order valence-corrected chi connectivity index (χ0v) is 7.90. The van der Waals surface area contributed by atoms with Crippen molar-refractivity contribution in [3.05, 3.63) is 0 Å². The number of carbonyl (C=O) groups is 2. The van der Waals surface area contributed by atoms with Crippen LogP contribution in [-0.2, 0) is 9.53 Å². The van der Waals surface area contributed by atoms with Gasteiger partial charge in [0.15, 0.2) is 0 Å². The first-order chi connectivity index (χ1) is 5.88. The van der Waals surface area contributed by atoms with Gasteiger partial charge in [-0.25, -0.2) is 9.79 Å². The molecule has 5 heteroatoms. The fourth-order valence-electron chi connectivity index (χ4n) is 0.794. The molecule has 5 nitrogen and oxygen atoms in total. The van der Waals surface area contributed by atoms with Crippen molar-refractivity contribution in [2.45, 2.75) is 26.4 Å². The molecule has 0 aliphatic carbocycles. The molecule has 0 atom stereocenters. The SMILES string of the molecule is CC(C)(C)OC(=O)N1C=NC(=O)C1. The van der Waals surface area contributed by atoms with E-state index in [1.165, 1.54) is 6.34 Å². The molecule has 0 radical (unpaired) electrons. The van der Waals surface area contributed by atoms with Gasteiger partial charge in [0.1, 0.15) is 18.5 Å². The molecule has 0 fully saturated rings. The molecule has 2 amide bonds. The lowest BCUT2D eigenvalue weighted by Crippen LogP contribution is -2.35. The molecule has 0 saturated heterocycles. The van der Waals surface area contributed by atoms with E-state index in [4.69, 9.17) is 4.74 Å². The van der Waals surface area contributed by atoms with Gasteiger partial charge in [0.2, 0.25) is 0 Å². The first-order valence-corrected chi connectivity index (χ1v) is 3.95. The van der Waals surface area contributed by atoms with Crippen LogP contribution in [0.15, 0.2) is 4.99 Å². The number of hydrogen-bond donors (Lipinski definition) is 0. The van der Waals surface area contributed by atoms with Crippen LogP contribution in [0.5, 0.6) is 0 Å². The smallest absolute Gasteiger partial charge is 0.416 e. The zero-order valence-electron chi connectivity index (χ0n) is 7.90. The lowest BCUT2D eigenvalue weighted by Gasteiger charge is -2.22. The van der Waals surface area contributed by atoms with E-state index in [9.17, 15) is 9.59 Å². The Balaban J connectivity index is 2.51. The van der Waals surface area contributed by atoms with Crippen LogP contribution in [0, 0.1) is 0 Å². The first kappa shape index (κ1) is 9.70. The molecule has 0 aromatic rings. The van der Waals surface area contributed by atoms with Gasteiger partial charge < -0.3 is 4.74 Å². The molecule has 0 N–H and O–H groups in total. The van der Waals surface area contributed by atoms with Gasteiger partial charge in [0, 0.05) is 0 Å². The van der Waals surface area contributed by atoms with Gasteiger partial charge >= 0.3 is 6.09 Å². The van der Waals surface area contributed by atoms with Gasteiger partial charge in [-0.15, -0.1) is 0 Å².